The first kappa shape index (κ1) is 20.5. The Morgan fingerprint density at radius 3 is 2.83 bits per heavy atom. The molecule has 158 valence electrons. The number of nitrogens with zero attached hydrogens (tertiary/aromatic N) is 1. The number of ether oxygens (including phenoxy) is 2. The van der Waals surface area contributed by atoms with Crippen molar-refractivity contribution in [1.82, 2.24) is 4.90 Å². The van der Waals surface area contributed by atoms with Gasteiger partial charge >= 0.3 is 0 Å². The first-order valence-electron chi connectivity index (χ1n) is 10.7. The molecule has 0 spiro atoms. The molecule has 0 aromatic heterocycles. The van der Waals surface area contributed by atoms with E-state index in [1.54, 1.807) is 7.11 Å². The van der Waals surface area contributed by atoms with E-state index in [1.807, 2.05) is 18.2 Å². The minimum absolute atomic E-state index is 0.00868. The Bertz CT molecular complexity index is 791. The maximum Gasteiger partial charge on any atom is 0.250 e. The highest BCUT2D eigenvalue weighted by molar-refractivity contribution is 6.04. The fraction of sp³-hybridized carbons (Fsp3) is 0.652. The van der Waals surface area contributed by atoms with Crippen molar-refractivity contribution < 1.29 is 19.1 Å². The summed E-state index contributed by atoms with van der Waals surface area (Å²) in [6.07, 6.45) is 3.64. The van der Waals surface area contributed by atoms with Crippen molar-refractivity contribution in [3.05, 3.63) is 29.3 Å². The number of benzene rings is 1. The first-order valence-corrected chi connectivity index (χ1v) is 10.7. The average molecular weight is 401 g/mol. The highest BCUT2D eigenvalue weighted by atomic mass is 16.5. The van der Waals surface area contributed by atoms with Gasteiger partial charge in [0.1, 0.15) is 6.61 Å². The number of carbonyl (C=O) groups excluding carboxylic acids is 2. The summed E-state index contributed by atoms with van der Waals surface area (Å²) in [4.78, 5) is 28.0. The third-order valence-electron chi connectivity index (χ3n) is 7.10. The molecule has 3 atom stereocenters. The standard InChI is InChI=1S/C23H32N2O4/c1-15-21-22(27)18-7-6-17(24-20(26)14-29-11-10-28-3)12-19(18)23(15,2)8-9-25(21)13-16-4-5-16/h6-7,12,15-16,21H,4-5,8-11,13-14H2,1-3H3,(H,24,26)/t15-,21?,23+/m0/s1. The zero-order chi connectivity index (χ0) is 20.6. The Labute approximate surface area is 172 Å². The number of likely N-dealkylation sites (tertiary alicyclic amines) is 1. The number of amides is 1. The van der Waals surface area contributed by atoms with Crippen LogP contribution in [0.1, 0.15) is 49.0 Å². The highest BCUT2D eigenvalue weighted by Crippen LogP contribution is 2.49. The maximum absolute atomic E-state index is 13.4. The van der Waals surface area contributed by atoms with E-state index in [0.717, 1.165) is 42.2 Å². The van der Waals surface area contributed by atoms with Crippen molar-refractivity contribution in [3.8, 4) is 0 Å². The number of rotatable bonds is 8. The molecule has 1 saturated heterocycles. The van der Waals surface area contributed by atoms with E-state index < -0.39 is 0 Å². The molecule has 1 N–H and O–H groups in total. The zero-order valence-corrected chi connectivity index (χ0v) is 17.7. The summed E-state index contributed by atoms with van der Waals surface area (Å²) >= 11 is 0. The fourth-order valence-electron chi connectivity index (χ4n) is 4.99. The van der Waals surface area contributed by atoms with Crippen LogP contribution < -0.4 is 5.32 Å². The van der Waals surface area contributed by atoms with Gasteiger partial charge in [0, 0.05) is 24.9 Å². The van der Waals surface area contributed by atoms with Gasteiger partial charge in [-0.2, -0.15) is 0 Å². The van der Waals surface area contributed by atoms with Crippen LogP contribution in [0.3, 0.4) is 0 Å². The Morgan fingerprint density at radius 1 is 1.31 bits per heavy atom. The van der Waals surface area contributed by atoms with Crippen molar-refractivity contribution in [2.45, 2.75) is 44.6 Å². The number of Topliss-reactive ketones (excluding diaryl/α,β-unsaturated/α-hetero) is 1. The number of anilines is 1. The average Bonchev–Trinajstić information content (AvgIpc) is 3.51. The summed E-state index contributed by atoms with van der Waals surface area (Å²) < 4.78 is 10.2. The summed E-state index contributed by atoms with van der Waals surface area (Å²) in [7, 11) is 1.60. The molecule has 2 fully saturated rings. The Morgan fingerprint density at radius 2 is 2.10 bits per heavy atom. The van der Waals surface area contributed by atoms with Crippen LogP contribution in [-0.2, 0) is 19.7 Å². The second-order valence-electron chi connectivity index (χ2n) is 9.06. The third-order valence-corrected chi connectivity index (χ3v) is 7.10. The summed E-state index contributed by atoms with van der Waals surface area (Å²) in [6.45, 7) is 7.37. The molecule has 2 bridgehead atoms. The molecule has 6 heteroatoms. The number of hydrogen-bond acceptors (Lipinski definition) is 5. The van der Waals surface area contributed by atoms with Gasteiger partial charge in [0.2, 0.25) is 5.91 Å². The predicted molar refractivity (Wildman–Crippen MR) is 111 cm³/mol. The lowest BCUT2D eigenvalue weighted by atomic mass is 9.58. The van der Waals surface area contributed by atoms with Crippen LogP contribution >= 0.6 is 0 Å². The van der Waals surface area contributed by atoms with Crippen LogP contribution in [0.2, 0.25) is 0 Å². The molecular weight excluding hydrogens is 368 g/mol. The molecule has 6 nitrogen and oxygen atoms in total. The quantitative estimate of drug-likeness (QED) is 0.680. The number of piperidine rings is 1. The Kier molecular flexibility index (Phi) is 5.78. The third kappa shape index (κ3) is 3.98. The second kappa shape index (κ2) is 8.17. The van der Waals surface area contributed by atoms with Gasteiger partial charge in [0.05, 0.1) is 19.3 Å². The normalized spacial score (nSPS) is 28.9. The highest BCUT2D eigenvalue weighted by Gasteiger charge is 2.52. The molecule has 0 radical (unpaired) electrons. The molecule has 1 heterocycles. The van der Waals surface area contributed by atoms with E-state index in [1.165, 1.54) is 12.8 Å². The number of methoxy groups -OCH3 is 1. The van der Waals surface area contributed by atoms with Gasteiger partial charge in [-0.1, -0.05) is 13.8 Å². The molecule has 3 aliphatic rings. The molecule has 1 amide bonds. The topological polar surface area (TPSA) is 67.9 Å². The van der Waals surface area contributed by atoms with Crippen molar-refractivity contribution in [3.63, 3.8) is 0 Å². The molecular formula is C23H32N2O4. The summed E-state index contributed by atoms with van der Waals surface area (Å²) in [5, 5.41) is 2.91. The second-order valence-corrected chi connectivity index (χ2v) is 9.06. The number of hydrogen-bond donors (Lipinski definition) is 1. The van der Waals surface area contributed by atoms with Crippen LogP contribution in [0.5, 0.6) is 0 Å². The molecule has 1 unspecified atom stereocenters. The zero-order valence-electron chi connectivity index (χ0n) is 17.7. The largest absolute Gasteiger partial charge is 0.382 e. The molecule has 1 aromatic rings. The van der Waals surface area contributed by atoms with Crippen molar-refractivity contribution in [1.29, 1.82) is 0 Å². The molecule has 29 heavy (non-hydrogen) atoms. The van der Waals surface area contributed by atoms with Gasteiger partial charge in [-0.3, -0.25) is 14.5 Å². The van der Waals surface area contributed by atoms with Crippen molar-refractivity contribution >= 4 is 17.4 Å². The Balaban J connectivity index is 1.52. The molecule has 1 saturated carbocycles. The van der Waals surface area contributed by atoms with Gasteiger partial charge in [-0.05, 0) is 66.8 Å². The fourth-order valence-corrected chi connectivity index (χ4v) is 4.99. The van der Waals surface area contributed by atoms with E-state index >= 15 is 0 Å². The van der Waals surface area contributed by atoms with Gasteiger partial charge < -0.3 is 14.8 Å². The number of ketones is 1. The number of carbonyl (C=O) groups is 2. The minimum atomic E-state index is -0.196. The lowest BCUT2D eigenvalue weighted by Crippen LogP contribution is -2.61. The molecule has 1 aliphatic heterocycles. The Hall–Kier alpha value is -1.76. The van der Waals surface area contributed by atoms with Crippen LogP contribution in [0.15, 0.2) is 18.2 Å². The van der Waals surface area contributed by atoms with E-state index in [2.05, 4.69) is 24.1 Å². The summed E-state index contributed by atoms with van der Waals surface area (Å²) in [5.74, 6) is 1.09. The van der Waals surface area contributed by atoms with Crippen molar-refractivity contribution in [2.24, 2.45) is 11.8 Å². The summed E-state index contributed by atoms with van der Waals surface area (Å²) in [6, 6.07) is 5.72. The monoisotopic (exact) mass is 400 g/mol. The predicted octanol–water partition coefficient (Wildman–Crippen LogP) is 2.86. The summed E-state index contributed by atoms with van der Waals surface area (Å²) in [5.41, 5.74) is 2.58. The molecule has 1 aromatic carbocycles. The van der Waals surface area contributed by atoms with Gasteiger partial charge in [-0.15, -0.1) is 0 Å². The van der Waals surface area contributed by atoms with E-state index in [0.29, 0.717) is 13.2 Å². The van der Waals surface area contributed by atoms with Crippen LogP contribution in [0.25, 0.3) is 0 Å². The van der Waals surface area contributed by atoms with Gasteiger partial charge in [0.15, 0.2) is 5.78 Å². The maximum atomic E-state index is 13.4. The van der Waals surface area contributed by atoms with Gasteiger partial charge in [-0.25, -0.2) is 0 Å². The van der Waals surface area contributed by atoms with E-state index in [4.69, 9.17) is 9.47 Å². The minimum Gasteiger partial charge on any atom is -0.382 e. The van der Waals surface area contributed by atoms with Crippen molar-refractivity contribution in [2.75, 3.05) is 45.3 Å². The lowest BCUT2D eigenvalue weighted by Gasteiger charge is -2.53. The SMILES string of the molecule is COCCOCC(=O)Nc1ccc2c(c1)[C@]1(C)CCN(CC3CC3)C(C2=O)[C@@H]1C. The lowest BCUT2D eigenvalue weighted by molar-refractivity contribution is -0.121. The molecule has 4 rings (SSSR count). The van der Waals surface area contributed by atoms with E-state index in [-0.39, 0.29) is 35.7 Å². The van der Waals surface area contributed by atoms with Gasteiger partial charge in [0.25, 0.3) is 0 Å². The molecule has 2 aliphatic carbocycles. The van der Waals surface area contributed by atoms with Crippen LogP contribution in [0.4, 0.5) is 5.69 Å². The first-order chi connectivity index (χ1) is 13.9. The van der Waals surface area contributed by atoms with Crippen LogP contribution in [0, 0.1) is 11.8 Å². The number of fused-ring (bicyclic) bond motifs is 4. The number of nitrogens with one attached hydrogen (secondary N) is 1. The smallest absolute Gasteiger partial charge is 0.250 e. The van der Waals surface area contributed by atoms with E-state index in [9.17, 15) is 9.59 Å². The van der Waals surface area contributed by atoms with Crippen LogP contribution in [-0.4, -0.2) is 62.7 Å².